The maximum absolute atomic E-state index is 8.73. The number of benzene rings is 2. The Bertz CT molecular complexity index is 519. The predicted molar refractivity (Wildman–Crippen MR) is 99.0 cm³/mol. The lowest BCUT2D eigenvalue weighted by atomic mass is 10.3. The van der Waals surface area contributed by atoms with E-state index in [2.05, 4.69) is 0 Å². The zero-order valence-electron chi connectivity index (χ0n) is 13.4. The molecule has 0 saturated carbocycles. The molecule has 0 aliphatic rings. The molecule has 2 N–H and O–H groups in total. The average Bonchev–Trinajstić information content (AvgIpc) is 2.63. The minimum absolute atomic E-state index is 0.149. The standard InChI is InChI=1S/C18H22O4S2/c19-11-1-13-21-15-3-7-17(8-4-15)23-24-18-9-5-16(6-10-18)22-14-2-12-20/h3-10,19-20H,1-2,11-14H2. The van der Waals surface area contributed by atoms with Crippen LogP contribution in [0.5, 0.6) is 11.5 Å². The van der Waals surface area contributed by atoms with Crippen LogP contribution in [-0.2, 0) is 0 Å². The van der Waals surface area contributed by atoms with Crippen molar-refractivity contribution in [1.29, 1.82) is 0 Å². The van der Waals surface area contributed by atoms with Crippen LogP contribution in [0, 0.1) is 0 Å². The maximum Gasteiger partial charge on any atom is 0.119 e. The summed E-state index contributed by atoms with van der Waals surface area (Å²) in [7, 11) is 3.37. The first-order valence-corrected chi connectivity index (χ1v) is 9.99. The van der Waals surface area contributed by atoms with Crippen molar-refractivity contribution in [2.75, 3.05) is 26.4 Å². The highest BCUT2D eigenvalue weighted by Gasteiger charge is 2.00. The molecule has 24 heavy (non-hydrogen) atoms. The molecule has 0 radical (unpaired) electrons. The SMILES string of the molecule is OCCCOc1ccc(SSc2ccc(OCCCO)cc2)cc1. The van der Waals surface area contributed by atoms with Crippen LogP contribution in [0.25, 0.3) is 0 Å². The molecule has 0 fully saturated rings. The van der Waals surface area contributed by atoms with E-state index in [-0.39, 0.29) is 13.2 Å². The summed E-state index contributed by atoms with van der Waals surface area (Å²) in [6.07, 6.45) is 1.29. The van der Waals surface area contributed by atoms with E-state index in [4.69, 9.17) is 19.7 Å². The highest BCUT2D eigenvalue weighted by molar-refractivity contribution is 8.76. The molecule has 6 heteroatoms. The Kier molecular flexibility index (Phi) is 8.91. The van der Waals surface area contributed by atoms with Gasteiger partial charge in [0, 0.05) is 35.8 Å². The molecule has 4 nitrogen and oxygen atoms in total. The van der Waals surface area contributed by atoms with Crippen LogP contribution < -0.4 is 9.47 Å². The summed E-state index contributed by atoms with van der Waals surface area (Å²) in [4.78, 5) is 2.30. The van der Waals surface area contributed by atoms with Crippen molar-refractivity contribution in [3.05, 3.63) is 48.5 Å². The molecule has 0 amide bonds. The van der Waals surface area contributed by atoms with Gasteiger partial charge in [-0.3, -0.25) is 0 Å². The minimum atomic E-state index is 0.149. The molecule has 0 atom stereocenters. The van der Waals surface area contributed by atoms with Crippen LogP contribution in [0.3, 0.4) is 0 Å². The average molecular weight is 367 g/mol. The van der Waals surface area contributed by atoms with Crippen LogP contribution in [0.4, 0.5) is 0 Å². The van der Waals surface area contributed by atoms with Crippen molar-refractivity contribution in [3.8, 4) is 11.5 Å². The van der Waals surface area contributed by atoms with E-state index in [0.29, 0.717) is 26.1 Å². The van der Waals surface area contributed by atoms with Crippen molar-refractivity contribution in [3.63, 3.8) is 0 Å². The van der Waals surface area contributed by atoms with E-state index in [1.54, 1.807) is 21.6 Å². The first-order chi connectivity index (χ1) is 11.8. The fourth-order valence-electron chi connectivity index (χ4n) is 1.79. The number of hydrogen-bond acceptors (Lipinski definition) is 6. The minimum Gasteiger partial charge on any atom is -0.494 e. The zero-order chi connectivity index (χ0) is 17.0. The Morgan fingerprint density at radius 1 is 0.625 bits per heavy atom. The van der Waals surface area contributed by atoms with Gasteiger partial charge in [0.05, 0.1) is 13.2 Å². The number of ether oxygens (including phenoxy) is 2. The van der Waals surface area contributed by atoms with E-state index in [0.717, 1.165) is 21.3 Å². The number of hydrogen-bond donors (Lipinski definition) is 2. The summed E-state index contributed by atoms with van der Waals surface area (Å²) in [5.41, 5.74) is 0. The molecule has 0 spiro atoms. The van der Waals surface area contributed by atoms with Gasteiger partial charge in [-0.15, -0.1) is 0 Å². The molecule has 0 saturated heterocycles. The van der Waals surface area contributed by atoms with Gasteiger partial charge in [0.15, 0.2) is 0 Å². The molecule has 0 bridgehead atoms. The third-order valence-electron chi connectivity index (χ3n) is 3.02. The highest BCUT2D eigenvalue weighted by Crippen LogP contribution is 2.38. The van der Waals surface area contributed by atoms with Gasteiger partial charge >= 0.3 is 0 Å². The van der Waals surface area contributed by atoms with Crippen LogP contribution in [-0.4, -0.2) is 36.6 Å². The Morgan fingerprint density at radius 2 is 1.00 bits per heavy atom. The maximum atomic E-state index is 8.73. The third-order valence-corrected chi connectivity index (χ3v) is 5.44. The Hall–Kier alpha value is -1.34. The first kappa shape index (κ1) is 19.0. The van der Waals surface area contributed by atoms with E-state index < -0.39 is 0 Å². The second-order valence-corrected chi connectivity index (χ2v) is 7.24. The Morgan fingerprint density at radius 3 is 1.33 bits per heavy atom. The van der Waals surface area contributed by atoms with Gasteiger partial charge in [0.2, 0.25) is 0 Å². The summed E-state index contributed by atoms with van der Waals surface area (Å²) < 4.78 is 11.0. The van der Waals surface area contributed by atoms with Crippen LogP contribution in [0.15, 0.2) is 58.3 Å². The van der Waals surface area contributed by atoms with Gasteiger partial charge in [-0.1, -0.05) is 21.6 Å². The Labute approximate surface area is 150 Å². The fraction of sp³-hybridized carbons (Fsp3) is 0.333. The summed E-state index contributed by atoms with van der Waals surface area (Å²) in [5.74, 6) is 1.64. The lowest BCUT2D eigenvalue weighted by Crippen LogP contribution is -1.99. The largest absolute Gasteiger partial charge is 0.494 e. The second-order valence-electron chi connectivity index (χ2n) is 4.96. The van der Waals surface area contributed by atoms with Crippen LogP contribution >= 0.6 is 21.6 Å². The molecular formula is C18H22O4S2. The summed E-state index contributed by atoms with van der Waals surface area (Å²) >= 11 is 0. The second kappa shape index (κ2) is 11.3. The quantitative estimate of drug-likeness (QED) is 0.463. The van der Waals surface area contributed by atoms with Crippen LogP contribution in [0.1, 0.15) is 12.8 Å². The topological polar surface area (TPSA) is 58.9 Å². The Balaban J connectivity index is 1.76. The van der Waals surface area contributed by atoms with Gasteiger partial charge in [0.25, 0.3) is 0 Å². The summed E-state index contributed by atoms with van der Waals surface area (Å²) in [5, 5.41) is 17.5. The molecule has 130 valence electrons. The van der Waals surface area contributed by atoms with E-state index in [1.807, 2.05) is 48.5 Å². The molecule has 0 heterocycles. The van der Waals surface area contributed by atoms with Crippen LogP contribution in [0.2, 0.25) is 0 Å². The molecule has 2 aromatic carbocycles. The van der Waals surface area contributed by atoms with Crippen molar-refractivity contribution in [1.82, 2.24) is 0 Å². The summed E-state index contributed by atoms with van der Waals surface area (Å²) in [6.45, 7) is 1.36. The van der Waals surface area contributed by atoms with Crippen molar-refractivity contribution in [2.45, 2.75) is 22.6 Å². The lowest BCUT2D eigenvalue weighted by molar-refractivity contribution is 0.233. The van der Waals surface area contributed by atoms with Crippen molar-refractivity contribution < 1.29 is 19.7 Å². The number of aliphatic hydroxyl groups is 2. The number of rotatable bonds is 11. The first-order valence-electron chi connectivity index (χ1n) is 7.84. The molecular weight excluding hydrogens is 344 g/mol. The van der Waals surface area contributed by atoms with Crippen molar-refractivity contribution >= 4 is 21.6 Å². The van der Waals surface area contributed by atoms with Gasteiger partial charge in [-0.2, -0.15) is 0 Å². The van der Waals surface area contributed by atoms with E-state index in [9.17, 15) is 0 Å². The van der Waals surface area contributed by atoms with Crippen molar-refractivity contribution in [2.24, 2.45) is 0 Å². The molecule has 0 aliphatic heterocycles. The fourth-order valence-corrected chi connectivity index (χ4v) is 3.72. The third kappa shape index (κ3) is 7.05. The smallest absolute Gasteiger partial charge is 0.119 e. The molecule has 0 unspecified atom stereocenters. The number of aliphatic hydroxyl groups excluding tert-OH is 2. The van der Waals surface area contributed by atoms with Gasteiger partial charge in [0.1, 0.15) is 11.5 Å². The molecule has 0 aromatic heterocycles. The zero-order valence-corrected chi connectivity index (χ0v) is 15.0. The predicted octanol–water partition coefficient (Wildman–Crippen LogP) is 4.01. The van der Waals surface area contributed by atoms with Gasteiger partial charge in [-0.05, 0) is 48.5 Å². The highest BCUT2D eigenvalue weighted by atomic mass is 33.1. The molecule has 2 rings (SSSR count). The monoisotopic (exact) mass is 366 g/mol. The van der Waals surface area contributed by atoms with E-state index >= 15 is 0 Å². The van der Waals surface area contributed by atoms with E-state index in [1.165, 1.54) is 0 Å². The van der Waals surface area contributed by atoms with Gasteiger partial charge < -0.3 is 19.7 Å². The summed E-state index contributed by atoms with van der Waals surface area (Å²) in [6, 6.07) is 15.9. The normalized spacial score (nSPS) is 10.6. The van der Waals surface area contributed by atoms with Gasteiger partial charge in [-0.25, -0.2) is 0 Å². The molecule has 0 aliphatic carbocycles. The lowest BCUT2D eigenvalue weighted by Gasteiger charge is -2.07. The molecule has 2 aromatic rings.